The predicted molar refractivity (Wildman–Crippen MR) is 82.5 cm³/mol. The molecular formula is C15H20ClN3O. The van der Waals surface area contributed by atoms with Crippen molar-refractivity contribution in [2.45, 2.75) is 12.8 Å². The van der Waals surface area contributed by atoms with Crippen molar-refractivity contribution in [3.05, 3.63) is 23.2 Å². The highest BCUT2D eigenvalue weighted by Gasteiger charge is 2.30. The summed E-state index contributed by atoms with van der Waals surface area (Å²) in [6.45, 7) is 4.03. The first-order valence-electron chi connectivity index (χ1n) is 7.17. The van der Waals surface area contributed by atoms with Crippen molar-refractivity contribution in [2.24, 2.45) is 5.92 Å². The minimum Gasteiger partial charge on any atom is -0.367 e. The second kappa shape index (κ2) is 5.62. The molecule has 108 valence electrons. The molecular weight excluding hydrogens is 274 g/mol. The van der Waals surface area contributed by atoms with Crippen molar-refractivity contribution in [3.8, 4) is 0 Å². The Balaban J connectivity index is 1.79. The van der Waals surface area contributed by atoms with Gasteiger partial charge in [-0.15, -0.1) is 0 Å². The number of carbonyl (C=O) groups is 1. The number of rotatable bonds is 3. The first kappa shape index (κ1) is 13.7. The first-order valence-corrected chi connectivity index (χ1v) is 7.55. The Bertz CT molecular complexity index is 508. The molecule has 1 saturated heterocycles. The molecule has 3 rings (SSSR count). The molecule has 1 amide bonds. The van der Waals surface area contributed by atoms with Crippen LogP contribution in [0.5, 0.6) is 0 Å². The third-order valence-electron chi connectivity index (χ3n) is 4.01. The van der Waals surface area contributed by atoms with Gasteiger partial charge in [0.05, 0.1) is 11.4 Å². The molecule has 0 bridgehead atoms. The topological polar surface area (TPSA) is 35.6 Å². The Hall–Kier alpha value is -1.26. The molecule has 1 aliphatic carbocycles. The molecule has 0 radical (unpaired) electrons. The van der Waals surface area contributed by atoms with Crippen molar-refractivity contribution >= 4 is 28.9 Å². The van der Waals surface area contributed by atoms with Gasteiger partial charge in [-0.2, -0.15) is 0 Å². The Morgan fingerprint density at radius 2 is 1.95 bits per heavy atom. The Labute approximate surface area is 124 Å². The van der Waals surface area contributed by atoms with E-state index in [2.05, 4.69) is 22.2 Å². The number of halogens is 1. The Kier molecular flexibility index (Phi) is 3.85. The summed E-state index contributed by atoms with van der Waals surface area (Å²) in [5.41, 5.74) is 1.93. The van der Waals surface area contributed by atoms with Crippen LogP contribution in [-0.4, -0.2) is 44.0 Å². The number of amides is 1. The van der Waals surface area contributed by atoms with Crippen molar-refractivity contribution in [3.63, 3.8) is 0 Å². The molecule has 1 aromatic carbocycles. The number of likely N-dealkylation sites (N-methyl/N-ethyl adjacent to an activating group) is 1. The van der Waals surface area contributed by atoms with E-state index >= 15 is 0 Å². The van der Waals surface area contributed by atoms with Crippen molar-refractivity contribution in [2.75, 3.05) is 43.4 Å². The third kappa shape index (κ3) is 3.07. The van der Waals surface area contributed by atoms with Crippen LogP contribution >= 0.6 is 11.6 Å². The van der Waals surface area contributed by atoms with Gasteiger partial charge in [0.2, 0.25) is 5.91 Å². The van der Waals surface area contributed by atoms with E-state index in [0.717, 1.165) is 50.4 Å². The van der Waals surface area contributed by atoms with Crippen LogP contribution in [0.2, 0.25) is 5.02 Å². The summed E-state index contributed by atoms with van der Waals surface area (Å²) in [6, 6.07) is 5.76. The minimum absolute atomic E-state index is 0.127. The maximum atomic E-state index is 12.0. The van der Waals surface area contributed by atoms with Gasteiger partial charge in [-0.1, -0.05) is 11.6 Å². The Morgan fingerprint density at radius 1 is 1.25 bits per heavy atom. The second-order valence-corrected chi connectivity index (χ2v) is 6.15. The average molecular weight is 294 g/mol. The molecule has 0 atom stereocenters. The van der Waals surface area contributed by atoms with Gasteiger partial charge >= 0.3 is 0 Å². The highest BCUT2D eigenvalue weighted by Crippen LogP contribution is 2.34. The van der Waals surface area contributed by atoms with E-state index in [1.165, 1.54) is 0 Å². The zero-order chi connectivity index (χ0) is 14.1. The fraction of sp³-hybridized carbons (Fsp3) is 0.533. The quantitative estimate of drug-likeness (QED) is 0.930. The summed E-state index contributed by atoms with van der Waals surface area (Å²) in [5.74, 6) is 0.331. The number of benzene rings is 1. The van der Waals surface area contributed by atoms with Crippen LogP contribution in [0.3, 0.4) is 0 Å². The molecule has 1 saturated carbocycles. The van der Waals surface area contributed by atoms with Crippen LogP contribution < -0.4 is 10.2 Å². The van der Waals surface area contributed by atoms with E-state index in [1.54, 1.807) is 0 Å². The predicted octanol–water partition coefficient (Wildman–Crippen LogP) is 2.44. The lowest BCUT2D eigenvalue weighted by Gasteiger charge is -2.35. The van der Waals surface area contributed by atoms with Crippen LogP contribution in [0, 0.1) is 5.92 Å². The zero-order valence-electron chi connectivity index (χ0n) is 11.7. The van der Waals surface area contributed by atoms with E-state index < -0.39 is 0 Å². The number of hydrogen-bond acceptors (Lipinski definition) is 3. The molecule has 1 aromatic rings. The summed E-state index contributed by atoms with van der Waals surface area (Å²) in [6.07, 6.45) is 2.02. The third-order valence-corrected chi connectivity index (χ3v) is 4.24. The lowest BCUT2D eigenvalue weighted by molar-refractivity contribution is -0.117. The van der Waals surface area contributed by atoms with Crippen molar-refractivity contribution in [1.29, 1.82) is 0 Å². The van der Waals surface area contributed by atoms with Gasteiger partial charge in [0, 0.05) is 37.1 Å². The number of hydrogen-bond donors (Lipinski definition) is 1. The smallest absolute Gasteiger partial charge is 0.227 e. The largest absolute Gasteiger partial charge is 0.367 e. The lowest BCUT2D eigenvalue weighted by atomic mass is 10.2. The van der Waals surface area contributed by atoms with E-state index in [4.69, 9.17) is 11.6 Å². The summed E-state index contributed by atoms with van der Waals surface area (Å²) in [7, 11) is 2.13. The van der Waals surface area contributed by atoms with Crippen LogP contribution in [0.25, 0.3) is 0 Å². The van der Waals surface area contributed by atoms with Gasteiger partial charge in [-0.3, -0.25) is 4.79 Å². The molecule has 5 heteroatoms. The van der Waals surface area contributed by atoms with E-state index in [0.29, 0.717) is 5.02 Å². The van der Waals surface area contributed by atoms with Crippen molar-refractivity contribution < 1.29 is 4.79 Å². The number of carbonyl (C=O) groups excluding carboxylic acids is 1. The maximum absolute atomic E-state index is 12.0. The van der Waals surface area contributed by atoms with Crippen LogP contribution in [0.4, 0.5) is 11.4 Å². The lowest BCUT2D eigenvalue weighted by Crippen LogP contribution is -2.44. The fourth-order valence-corrected chi connectivity index (χ4v) is 2.68. The highest BCUT2D eigenvalue weighted by molar-refractivity contribution is 6.31. The fourth-order valence-electron chi connectivity index (χ4n) is 2.51. The molecule has 2 aliphatic rings. The molecule has 1 N–H and O–H groups in total. The molecule has 0 aromatic heterocycles. The van der Waals surface area contributed by atoms with Crippen LogP contribution in [0.1, 0.15) is 12.8 Å². The first-order chi connectivity index (χ1) is 9.63. The Morgan fingerprint density at radius 3 is 2.60 bits per heavy atom. The number of nitrogens with one attached hydrogen (secondary N) is 1. The molecule has 1 heterocycles. The molecule has 1 aliphatic heterocycles. The van der Waals surface area contributed by atoms with E-state index in [-0.39, 0.29) is 11.8 Å². The molecule has 0 unspecified atom stereocenters. The van der Waals surface area contributed by atoms with E-state index in [1.807, 2.05) is 18.2 Å². The molecule has 0 spiro atoms. The summed E-state index contributed by atoms with van der Waals surface area (Å²) in [5, 5.41) is 3.70. The highest BCUT2D eigenvalue weighted by atomic mass is 35.5. The maximum Gasteiger partial charge on any atom is 0.227 e. The number of anilines is 2. The molecule has 20 heavy (non-hydrogen) atoms. The standard InChI is InChI=1S/C15H20ClN3O/c1-18-6-8-19(9-7-18)14-5-4-12(16)10-13(14)17-15(20)11-2-3-11/h4-5,10-11H,2-3,6-9H2,1H3,(H,17,20). The van der Waals surface area contributed by atoms with Crippen molar-refractivity contribution in [1.82, 2.24) is 4.90 Å². The SMILES string of the molecule is CN1CCN(c2ccc(Cl)cc2NC(=O)C2CC2)CC1. The minimum atomic E-state index is 0.127. The average Bonchev–Trinajstić information content (AvgIpc) is 3.25. The second-order valence-electron chi connectivity index (χ2n) is 5.72. The van der Waals surface area contributed by atoms with Crippen LogP contribution in [0.15, 0.2) is 18.2 Å². The normalized spacial score (nSPS) is 20.0. The van der Waals surface area contributed by atoms with Gasteiger partial charge in [0.1, 0.15) is 0 Å². The summed E-state index contributed by atoms with van der Waals surface area (Å²) >= 11 is 6.08. The van der Waals surface area contributed by atoms with Gasteiger partial charge in [-0.05, 0) is 38.1 Å². The summed E-state index contributed by atoms with van der Waals surface area (Å²) in [4.78, 5) is 16.6. The zero-order valence-corrected chi connectivity index (χ0v) is 12.5. The summed E-state index contributed by atoms with van der Waals surface area (Å²) < 4.78 is 0. The van der Waals surface area contributed by atoms with Gasteiger partial charge in [-0.25, -0.2) is 0 Å². The van der Waals surface area contributed by atoms with Gasteiger partial charge in [0.15, 0.2) is 0 Å². The molecule has 2 fully saturated rings. The van der Waals surface area contributed by atoms with E-state index in [9.17, 15) is 4.79 Å². The number of nitrogens with zero attached hydrogens (tertiary/aromatic N) is 2. The molecule has 4 nitrogen and oxygen atoms in total. The monoisotopic (exact) mass is 293 g/mol. The number of piperazine rings is 1. The van der Waals surface area contributed by atoms with Gasteiger partial charge < -0.3 is 15.1 Å². The van der Waals surface area contributed by atoms with Crippen LogP contribution in [-0.2, 0) is 4.79 Å². The van der Waals surface area contributed by atoms with Gasteiger partial charge in [0.25, 0.3) is 0 Å².